The minimum atomic E-state index is -1.35. The number of fused-ring (bicyclic) bond motifs is 3. The number of benzene rings is 7. The first kappa shape index (κ1) is 85.9. The van der Waals surface area contributed by atoms with Crippen molar-refractivity contribution in [3.8, 4) is 17.2 Å². The summed E-state index contributed by atoms with van der Waals surface area (Å²) in [6, 6.07) is 29.3. The van der Waals surface area contributed by atoms with Crippen LogP contribution in [0, 0.1) is 0 Å². The SMILES string of the molecule is CC(=O)N1C[C@H](NC(=O)c2cc(Cl)c(O)c(Cl)c2)C(=O)N(CC(=O)NC2CC(=O)OC2OCc2ccccc2)c2ccccc21.CC(=O)N1C[C@H](NC(=O)c2cc(Cl)c(O)c(Cl)c2)C(=O)N(CC(=O)N[C@H](C=O)CC(=O)O)c2ccccc21.CC(=O)N1C[C@H](NC(=O)c2cc(Cl)c(O)c(Cl)c2)C(=O)N(CC(=O)O)c2ccccc21. The van der Waals surface area contributed by atoms with Gasteiger partial charge in [0.1, 0.15) is 50.1 Å². The van der Waals surface area contributed by atoms with Gasteiger partial charge in [-0.15, -0.1) is 0 Å². The predicted octanol–water partition coefficient (Wildman–Crippen LogP) is 6.81. The topological polar surface area (TPSA) is 455 Å². The van der Waals surface area contributed by atoms with Crippen LogP contribution in [0.15, 0.2) is 140 Å². The number of cyclic esters (lactones) is 1. The average molecular weight is 1690 g/mol. The van der Waals surface area contributed by atoms with Crippen LogP contribution in [0.5, 0.6) is 17.2 Å². The number of aromatic hydroxyl groups is 3. The van der Waals surface area contributed by atoms with Crippen molar-refractivity contribution in [2.24, 2.45) is 0 Å². The van der Waals surface area contributed by atoms with Gasteiger partial charge in [0.25, 0.3) is 35.4 Å². The molecule has 0 spiro atoms. The summed E-state index contributed by atoms with van der Waals surface area (Å²) in [4.78, 5) is 196. The van der Waals surface area contributed by atoms with Crippen molar-refractivity contribution in [1.29, 1.82) is 0 Å². The summed E-state index contributed by atoms with van der Waals surface area (Å²) < 4.78 is 11.0. The van der Waals surface area contributed by atoms with E-state index in [1.54, 1.807) is 60.7 Å². The quantitative estimate of drug-likeness (QED) is 0.0277. The third kappa shape index (κ3) is 21.0. The number of carboxylic acids is 2. The van der Waals surface area contributed by atoms with E-state index in [0.29, 0.717) is 11.4 Å². The number of para-hydroxylation sites is 6. The molecule has 33 nitrogen and oxygen atoms in total. The molecule has 6 atom stereocenters. The summed E-state index contributed by atoms with van der Waals surface area (Å²) in [6.45, 7) is 1.46. The first-order valence-corrected chi connectivity index (χ1v) is 36.2. The zero-order valence-corrected chi connectivity index (χ0v) is 64.3. The molecule has 0 bridgehead atoms. The van der Waals surface area contributed by atoms with Crippen LogP contribution >= 0.6 is 69.6 Å². The molecule has 7 aromatic carbocycles. The lowest BCUT2D eigenvalue weighted by Gasteiger charge is -2.26. The van der Waals surface area contributed by atoms with Gasteiger partial charge in [0, 0.05) is 37.5 Å². The number of phenolic OH excluding ortho intramolecular Hbond substituents is 3. The Hall–Kier alpha value is -12.1. The molecule has 1 fully saturated rings. The van der Waals surface area contributed by atoms with Crippen molar-refractivity contribution >= 4 is 193 Å². The summed E-state index contributed by atoms with van der Waals surface area (Å²) >= 11 is 35.5. The van der Waals surface area contributed by atoms with E-state index in [9.17, 15) is 92.3 Å². The molecule has 0 aromatic heterocycles. The Kier molecular flexibility index (Phi) is 28.6. The minimum Gasteiger partial charge on any atom is -0.505 e. The maximum absolute atomic E-state index is 14.0. The Balaban J connectivity index is 0.000000199. The molecule has 0 radical (unpaired) electrons. The van der Waals surface area contributed by atoms with Crippen LogP contribution in [0.1, 0.15) is 70.3 Å². The van der Waals surface area contributed by atoms with E-state index >= 15 is 0 Å². The van der Waals surface area contributed by atoms with Gasteiger partial charge in [0.15, 0.2) is 17.2 Å². The van der Waals surface area contributed by atoms with Crippen LogP contribution in [0.25, 0.3) is 0 Å². The molecule has 114 heavy (non-hydrogen) atoms. The maximum Gasteiger partial charge on any atom is 0.323 e. The highest BCUT2D eigenvalue weighted by atomic mass is 35.5. The number of hydrogen-bond acceptors (Lipinski definition) is 20. The van der Waals surface area contributed by atoms with Crippen LogP contribution in [-0.2, 0) is 73.6 Å². The number of hydrogen-bond donors (Lipinski definition) is 10. The van der Waals surface area contributed by atoms with Crippen LogP contribution in [-0.4, -0.2) is 190 Å². The molecule has 10 N–H and O–H groups in total. The first-order valence-electron chi connectivity index (χ1n) is 33.9. The zero-order chi connectivity index (χ0) is 83.3. The Morgan fingerprint density at radius 2 is 0.789 bits per heavy atom. The number of nitrogens with zero attached hydrogens (tertiary/aromatic N) is 6. The summed E-state index contributed by atoms with van der Waals surface area (Å²) in [6.07, 6.45) is -1.57. The number of carbonyl (C=O) groups excluding carboxylic acids is 13. The number of phenols is 3. The highest BCUT2D eigenvalue weighted by molar-refractivity contribution is 6.39. The Morgan fingerprint density at radius 3 is 1.11 bits per heavy atom. The highest BCUT2D eigenvalue weighted by Crippen LogP contribution is 2.39. The summed E-state index contributed by atoms with van der Waals surface area (Å²) in [5, 5.41) is 59.1. The monoisotopic (exact) mass is 1680 g/mol. The third-order valence-corrected chi connectivity index (χ3v) is 19.2. The molecule has 11 rings (SSSR count). The van der Waals surface area contributed by atoms with E-state index in [1.165, 1.54) is 71.9 Å². The molecule has 4 aliphatic rings. The molecule has 2 unspecified atom stereocenters. The van der Waals surface area contributed by atoms with Crippen LogP contribution < -0.4 is 56.0 Å². The molecule has 1 saturated heterocycles. The van der Waals surface area contributed by atoms with Crippen LogP contribution in [0.2, 0.25) is 30.1 Å². The molecular weight excluding hydrogens is 1620 g/mol. The second-order valence-corrected chi connectivity index (χ2v) is 27.8. The van der Waals surface area contributed by atoms with Crippen molar-refractivity contribution in [1.82, 2.24) is 26.6 Å². The molecule has 4 heterocycles. The maximum atomic E-state index is 14.0. The van der Waals surface area contributed by atoms with E-state index in [2.05, 4.69) is 26.6 Å². The number of carboxylic acid groups (broad SMARTS) is 2. The Bertz CT molecular complexity index is 4950. The average Bonchev–Trinajstić information content (AvgIpc) is 1.64. The predicted molar refractivity (Wildman–Crippen MR) is 414 cm³/mol. The van der Waals surface area contributed by atoms with E-state index in [-0.39, 0.29) is 109 Å². The number of anilines is 6. The smallest absolute Gasteiger partial charge is 0.323 e. The van der Waals surface area contributed by atoms with Crippen molar-refractivity contribution in [3.05, 3.63) is 192 Å². The van der Waals surface area contributed by atoms with Gasteiger partial charge in [-0.3, -0.25) is 81.8 Å². The number of carbonyl (C=O) groups is 15. The van der Waals surface area contributed by atoms with Gasteiger partial charge in [-0.05, 0) is 78.4 Å². The molecule has 596 valence electrons. The lowest BCUT2D eigenvalue weighted by molar-refractivity contribution is -0.168. The van der Waals surface area contributed by atoms with E-state index in [4.69, 9.17) is 84.2 Å². The molecule has 4 aliphatic heterocycles. The second-order valence-electron chi connectivity index (χ2n) is 25.4. The summed E-state index contributed by atoms with van der Waals surface area (Å²) in [5.41, 5.74) is 2.35. The fourth-order valence-electron chi connectivity index (χ4n) is 12.1. The lowest BCUT2D eigenvalue weighted by atomic mass is 10.1. The minimum absolute atomic E-state index is 0.0264. The van der Waals surface area contributed by atoms with Gasteiger partial charge < -0.3 is 81.1 Å². The summed E-state index contributed by atoms with van der Waals surface area (Å²) in [5.74, 6) is -11.5. The number of amides is 11. The Morgan fingerprint density at radius 1 is 0.465 bits per heavy atom. The number of halogens is 6. The molecule has 39 heteroatoms. The number of nitrogens with one attached hydrogen (secondary N) is 5. The normalized spacial score (nSPS) is 17.2. The largest absolute Gasteiger partial charge is 0.505 e. The van der Waals surface area contributed by atoms with Gasteiger partial charge in [-0.1, -0.05) is 136 Å². The van der Waals surface area contributed by atoms with Gasteiger partial charge >= 0.3 is 17.9 Å². The fourth-order valence-corrected chi connectivity index (χ4v) is 13.5. The third-order valence-electron chi connectivity index (χ3n) is 17.4. The Labute approximate surface area is 677 Å². The number of rotatable bonds is 20. The molecule has 11 amide bonds. The van der Waals surface area contributed by atoms with E-state index in [0.717, 1.165) is 32.4 Å². The van der Waals surface area contributed by atoms with E-state index in [1.807, 2.05) is 30.3 Å². The van der Waals surface area contributed by atoms with Crippen molar-refractivity contribution in [3.63, 3.8) is 0 Å². The van der Waals surface area contributed by atoms with Gasteiger partial charge in [0.05, 0.1) is 109 Å². The zero-order valence-electron chi connectivity index (χ0n) is 59.8. The number of aliphatic carboxylic acids is 2. The number of ether oxygens (including phenoxy) is 2. The van der Waals surface area contributed by atoms with Crippen LogP contribution in [0.3, 0.4) is 0 Å². The highest BCUT2D eigenvalue weighted by Gasteiger charge is 2.43. The van der Waals surface area contributed by atoms with Crippen molar-refractivity contribution in [2.75, 3.05) is 68.7 Å². The molecular formula is C75H67Cl6N11O22. The molecule has 0 aliphatic carbocycles. The first-order chi connectivity index (χ1) is 54.0. The van der Waals surface area contributed by atoms with E-state index < -0.39 is 163 Å². The van der Waals surface area contributed by atoms with Gasteiger partial charge in [0.2, 0.25) is 35.8 Å². The van der Waals surface area contributed by atoms with Gasteiger partial charge in [-0.25, -0.2) is 0 Å². The second kappa shape index (κ2) is 37.9. The number of aldehydes is 1. The fraction of sp³-hybridized carbons (Fsp3) is 0.240. The standard InChI is InChI=1S/C31H28Cl2N4O8.C24H22Cl2N4O8.C20H17Cl2N3O6/c1-17(38)36-14-23(35-29(42)19-11-20(32)28(41)21(33)12-19)30(43)37(25-10-6-5-9-24(25)36)15-26(39)34-22-13-27(40)45-31(22)44-16-18-7-3-2-4-8-18;1-12(32)29-9-17(28-23(37)13-6-15(25)22(36)16(26)7-13)24(38)30(19-5-3-2-4-18(19)29)10-20(33)27-14(11-31)8-21(34)35;1-10(26)24-8-14(23-19(30)11-6-12(21)18(29)13(22)7-11)20(31)25(9-17(27)28)16-5-3-2-4-15(16)24/h2-12,22-23,31,41H,13-16H2,1H3,(H,34,39)(H,35,42);2-7,11,14,17,36H,8-10H2,1H3,(H,27,33)(H,28,37)(H,34,35);2-7,14,29H,8-9H2,1H3,(H,23,30)(H,27,28)/t22?,23-,31?;14-,17-;14-/m000/s1. The molecule has 0 saturated carbocycles. The van der Waals surface area contributed by atoms with Gasteiger partial charge in [-0.2, -0.15) is 0 Å². The lowest BCUT2D eigenvalue weighted by Crippen LogP contribution is -2.55. The van der Waals surface area contributed by atoms with Crippen molar-refractivity contribution < 1.29 is 107 Å². The number of esters is 1. The molecule has 7 aromatic rings. The summed E-state index contributed by atoms with van der Waals surface area (Å²) in [7, 11) is 0. The van der Waals surface area contributed by atoms with Crippen LogP contribution in [0.4, 0.5) is 34.1 Å². The van der Waals surface area contributed by atoms with Crippen molar-refractivity contribution in [2.45, 2.75) is 76.7 Å².